The molecule has 1 aliphatic heterocycles. The zero-order valence-corrected chi connectivity index (χ0v) is 11.7. The lowest BCUT2D eigenvalue weighted by atomic mass is 10.1. The maximum absolute atomic E-state index is 12.4. The normalized spacial score (nSPS) is 14.7. The number of hydrogen-bond acceptors (Lipinski definition) is 2. The van der Waals surface area contributed by atoms with Crippen molar-refractivity contribution in [2.24, 2.45) is 0 Å². The van der Waals surface area contributed by atoms with Crippen molar-refractivity contribution in [3.8, 4) is 0 Å². The van der Waals surface area contributed by atoms with Gasteiger partial charge in [-0.25, -0.2) is 9.59 Å². The molecule has 0 aromatic heterocycles. The van der Waals surface area contributed by atoms with Crippen LogP contribution in [0.1, 0.15) is 23.7 Å². The van der Waals surface area contributed by atoms with Crippen LogP contribution < -0.4 is 4.90 Å². The summed E-state index contributed by atoms with van der Waals surface area (Å²) in [5.41, 5.74) is 1.82. The molecule has 0 radical (unpaired) electrons. The van der Waals surface area contributed by atoms with Crippen molar-refractivity contribution in [1.82, 2.24) is 4.90 Å². The van der Waals surface area contributed by atoms with Gasteiger partial charge in [-0.05, 0) is 25.5 Å². The molecule has 0 aliphatic carbocycles. The largest absolute Gasteiger partial charge is 0.478 e. The van der Waals surface area contributed by atoms with Gasteiger partial charge in [0.15, 0.2) is 0 Å². The van der Waals surface area contributed by atoms with Crippen LogP contribution in [0.3, 0.4) is 0 Å². The number of hydrogen-bond donors (Lipinski definition) is 1. The van der Waals surface area contributed by atoms with E-state index in [1.807, 2.05) is 13.0 Å². The minimum Gasteiger partial charge on any atom is -0.478 e. The second-order valence-corrected chi connectivity index (χ2v) is 4.91. The number of urea groups is 1. The van der Waals surface area contributed by atoms with Crippen LogP contribution in [0.4, 0.5) is 10.5 Å². The van der Waals surface area contributed by atoms with Gasteiger partial charge in [0, 0.05) is 20.1 Å². The highest BCUT2D eigenvalue weighted by atomic mass is 16.4. The molecule has 0 saturated carbocycles. The number of aromatic carboxylic acids is 1. The SMILES string of the molecule is CC1=CCN(C(=O)N(C)c2ccccc2C(=O)O)CC1. The van der Waals surface area contributed by atoms with Crippen LogP contribution in [0.15, 0.2) is 35.9 Å². The highest BCUT2D eigenvalue weighted by Crippen LogP contribution is 2.21. The van der Waals surface area contributed by atoms with Gasteiger partial charge < -0.3 is 10.0 Å². The molecule has 0 atom stereocenters. The van der Waals surface area contributed by atoms with Crippen molar-refractivity contribution < 1.29 is 14.7 Å². The lowest BCUT2D eigenvalue weighted by Gasteiger charge is -2.30. The van der Waals surface area contributed by atoms with Gasteiger partial charge in [-0.2, -0.15) is 0 Å². The van der Waals surface area contributed by atoms with E-state index in [0.717, 1.165) is 6.42 Å². The average molecular weight is 274 g/mol. The molecule has 20 heavy (non-hydrogen) atoms. The van der Waals surface area contributed by atoms with Crippen molar-refractivity contribution >= 4 is 17.7 Å². The number of para-hydroxylation sites is 1. The highest BCUT2D eigenvalue weighted by Gasteiger charge is 2.23. The number of carbonyl (C=O) groups excluding carboxylic acids is 1. The van der Waals surface area contributed by atoms with Crippen LogP contribution in [0.25, 0.3) is 0 Å². The van der Waals surface area contributed by atoms with Gasteiger partial charge in [0.25, 0.3) is 0 Å². The number of nitrogens with zero attached hydrogens (tertiary/aromatic N) is 2. The van der Waals surface area contributed by atoms with Crippen LogP contribution >= 0.6 is 0 Å². The molecule has 1 heterocycles. The van der Waals surface area contributed by atoms with Gasteiger partial charge in [0.2, 0.25) is 0 Å². The number of anilines is 1. The summed E-state index contributed by atoms with van der Waals surface area (Å²) in [6.07, 6.45) is 2.89. The molecular weight excluding hydrogens is 256 g/mol. The zero-order chi connectivity index (χ0) is 14.7. The summed E-state index contributed by atoms with van der Waals surface area (Å²) >= 11 is 0. The van der Waals surface area contributed by atoms with Gasteiger partial charge in [-0.15, -0.1) is 0 Å². The number of carbonyl (C=O) groups is 2. The first-order valence-electron chi connectivity index (χ1n) is 6.51. The number of carboxylic acids is 1. The summed E-state index contributed by atoms with van der Waals surface area (Å²) in [5.74, 6) is -1.03. The quantitative estimate of drug-likeness (QED) is 0.843. The Morgan fingerprint density at radius 2 is 2.00 bits per heavy atom. The molecule has 1 N–H and O–H groups in total. The van der Waals surface area contributed by atoms with Crippen molar-refractivity contribution in [1.29, 1.82) is 0 Å². The van der Waals surface area contributed by atoms with E-state index < -0.39 is 5.97 Å². The number of rotatable bonds is 2. The standard InChI is InChI=1S/C15H18N2O3/c1-11-7-9-17(10-8-11)15(20)16(2)13-6-4-3-5-12(13)14(18)19/h3-7H,8-10H2,1-2H3,(H,18,19). The first kappa shape index (κ1) is 14.1. The maximum atomic E-state index is 12.4. The Kier molecular flexibility index (Phi) is 4.08. The van der Waals surface area contributed by atoms with Crippen LogP contribution in [-0.2, 0) is 0 Å². The van der Waals surface area contributed by atoms with Gasteiger partial charge in [0.1, 0.15) is 0 Å². The average Bonchev–Trinajstić information content (AvgIpc) is 2.46. The topological polar surface area (TPSA) is 60.9 Å². The predicted octanol–water partition coefficient (Wildman–Crippen LogP) is 2.59. The monoisotopic (exact) mass is 274 g/mol. The van der Waals surface area contributed by atoms with Crippen LogP contribution in [0.5, 0.6) is 0 Å². The minimum absolute atomic E-state index is 0.132. The number of carboxylic acid groups (broad SMARTS) is 1. The predicted molar refractivity (Wildman–Crippen MR) is 77.1 cm³/mol. The van der Waals surface area contributed by atoms with E-state index in [9.17, 15) is 14.7 Å². The fourth-order valence-electron chi connectivity index (χ4n) is 2.21. The Bertz CT molecular complexity index is 566. The van der Waals surface area contributed by atoms with Crippen LogP contribution in [0.2, 0.25) is 0 Å². The van der Waals surface area contributed by atoms with Crippen molar-refractivity contribution in [3.05, 3.63) is 41.5 Å². The molecule has 0 unspecified atom stereocenters. The van der Waals surface area contributed by atoms with Crippen molar-refractivity contribution in [3.63, 3.8) is 0 Å². The molecule has 2 rings (SSSR count). The van der Waals surface area contributed by atoms with Crippen molar-refractivity contribution in [2.75, 3.05) is 25.0 Å². The van der Waals surface area contributed by atoms with Crippen LogP contribution in [0, 0.1) is 0 Å². The van der Waals surface area contributed by atoms with Crippen LogP contribution in [-0.4, -0.2) is 42.1 Å². The Labute approximate surface area is 118 Å². The third-order valence-electron chi connectivity index (χ3n) is 3.49. The van der Waals surface area contributed by atoms with E-state index in [-0.39, 0.29) is 11.6 Å². The fourth-order valence-corrected chi connectivity index (χ4v) is 2.21. The first-order valence-corrected chi connectivity index (χ1v) is 6.51. The van der Waals surface area contributed by atoms with Gasteiger partial charge in [-0.1, -0.05) is 23.8 Å². The lowest BCUT2D eigenvalue weighted by Crippen LogP contribution is -2.43. The number of amides is 2. The summed E-state index contributed by atoms with van der Waals surface area (Å²) in [6, 6.07) is 6.35. The molecular formula is C15H18N2O3. The molecule has 1 aromatic rings. The first-order chi connectivity index (χ1) is 9.50. The van der Waals surface area contributed by atoms with E-state index in [0.29, 0.717) is 18.8 Å². The molecule has 5 heteroatoms. The molecule has 0 bridgehead atoms. The molecule has 106 valence electrons. The van der Waals surface area contributed by atoms with E-state index in [1.165, 1.54) is 16.5 Å². The smallest absolute Gasteiger partial charge is 0.337 e. The minimum atomic E-state index is -1.03. The molecule has 0 saturated heterocycles. The Morgan fingerprint density at radius 3 is 2.60 bits per heavy atom. The maximum Gasteiger partial charge on any atom is 0.337 e. The van der Waals surface area contributed by atoms with E-state index in [2.05, 4.69) is 0 Å². The molecule has 0 fully saturated rings. The fraction of sp³-hybridized carbons (Fsp3) is 0.333. The van der Waals surface area contributed by atoms with Gasteiger partial charge in [-0.3, -0.25) is 4.90 Å². The Hall–Kier alpha value is -2.30. The van der Waals surface area contributed by atoms with E-state index in [4.69, 9.17) is 0 Å². The van der Waals surface area contributed by atoms with Gasteiger partial charge in [0.05, 0.1) is 11.3 Å². The number of benzene rings is 1. The molecule has 1 aliphatic rings. The molecule has 0 spiro atoms. The third kappa shape index (κ3) is 2.82. The summed E-state index contributed by atoms with van der Waals surface area (Å²) in [5, 5.41) is 9.18. The molecule has 5 nitrogen and oxygen atoms in total. The van der Waals surface area contributed by atoms with Crippen molar-refractivity contribution in [2.45, 2.75) is 13.3 Å². The third-order valence-corrected chi connectivity index (χ3v) is 3.49. The Balaban J connectivity index is 2.21. The summed E-state index contributed by atoms with van der Waals surface area (Å²) in [4.78, 5) is 26.7. The zero-order valence-electron chi connectivity index (χ0n) is 11.7. The summed E-state index contributed by atoms with van der Waals surface area (Å²) in [7, 11) is 1.61. The second-order valence-electron chi connectivity index (χ2n) is 4.91. The summed E-state index contributed by atoms with van der Waals surface area (Å²) in [6.45, 7) is 3.29. The highest BCUT2D eigenvalue weighted by molar-refractivity contribution is 6.01. The van der Waals surface area contributed by atoms with E-state index in [1.54, 1.807) is 30.1 Å². The molecule has 1 aromatic carbocycles. The lowest BCUT2D eigenvalue weighted by molar-refractivity contribution is 0.0697. The summed E-state index contributed by atoms with van der Waals surface area (Å²) < 4.78 is 0. The molecule has 2 amide bonds. The van der Waals surface area contributed by atoms with Gasteiger partial charge >= 0.3 is 12.0 Å². The second kappa shape index (κ2) is 5.77. The Morgan fingerprint density at radius 1 is 1.30 bits per heavy atom. The van der Waals surface area contributed by atoms with E-state index >= 15 is 0 Å².